The molecule has 1 amide bonds. The van der Waals surface area contributed by atoms with Crippen LogP contribution in [0.5, 0.6) is 0 Å². The molecule has 0 bridgehead atoms. The largest absolute Gasteiger partial charge is 0.344 e. The van der Waals surface area contributed by atoms with Gasteiger partial charge in [0, 0.05) is 0 Å². The Hall–Kier alpha value is -0.940. The van der Waals surface area contributed by atoms with Gasteiger partial charge in [0.05, 0.1) is 12.1 Å². The lowest BCUT2D eigenvalue weighted by molar-refractivity contribution is -0.123. The van der Waals surface area contributed by atoms with Crippen molar-refractivity contribution in [3.63, 3.8) is 0 Å². The van der Waals surface area contributed by atoms with Crippen LogP contribution in [0.15, 0.2) is 0 Å². The van der Waals surface area contributed by atoms with Crippen LogP contribution < -0.4 is 16.8 Å². The van der Waals surface area contributed by atoms with E-state index in [1.54, 1.807) is 6.29 Å². The second-order valence-electron chi connectivity index (χ2n) is 4.24. The molecule has 0 saturated heterocycles. The van der Waals surface area contributed by atoms with Crippen molar-refractivity contribution in [1.29, 1.82) is 0 Å². The van der Waals surface area contributed by atoms with Gasteiger partial charge in [-0.15, -0.1) is 0 Å². The van der Waals surface area contributed by atoms with Gasteiger partial charge in [0.2, 0.25) is 12.2 Å². The third-order valence-corrected chi connectivity index (χ3v) is 2.40. The summed E-state index contributed by atoms with van der Waals surface area (Å²) in [6, 6.07) is -1.14. The van der Waals surface area contributed by atoms with Crippen LogP contribution in [0.1, 0.15) is 33.1 Å². The van der Waals surface area contributed by atoms with Crippen LogP contribution >= 0.6 is 0 Å². The van der Waals surface area contributed by atoms with Gasteiger partial charge in [-0.25, -0.2) is 0 Å². The zero-order valence-electron chi connectivity index (χ0n) is 10.0. The average Bonchev–Trinajstić information content (AvgIpc) is 2.25. The van der Waals surface area contributed by atoms with Crippen molar-refractivity contribution in [1.82, 2.24) is 5.32 Å². The van der Waals surface area contributed by atoms with Crippen molar-refractivity contribution >= 4 is 12.2 Å². The highest BCUT2D eigenvalue weighted by Gasteiger charge is 2.20. The number of nitrogens with two attached hydrogens (primary N) is 2. The summed E-state index contributed by atoms with van der Waals surface area (Å²) < 4.78 is 0. The molecule has 5 nitrogen and oxygen atoms in total. The van der Waals surface area contributed by atoms with Crippen molar-refractivity contribution in [2.24, 2.45) is 17.4 Å². The van der Waals surface area contributed by atoms with E-state index in [0.717, 1.165) is 12.8 Å². The maximum absolute atomic E-state index is 11.6. The number of rotatable bonds is 8. The Labute approximate surface area is 96.9 Å². The van der Waals surface area contributed by atoms with Gasteiger partial charge in [0.1, 0.15) is 0 Å². The van der Waals surface area contributed by atoms with Crippen molar-refractivity contribution < 1.29 is 9.59 Å². The van der Waals surface area contributed by atoms with Crippen LogP contribution in [0, 0.1) is 5.92 Å². The fourth-order valence-corrected chi connectivity index (χ4v) is 1.23. The first kappa shape index (κ1) is 15.1. The third-order valence-electron chi connectivity index (χ3n) is 2.40. The smallest absolute Gasteiger partial charge is 0.237 e. The lowest BCUT2D eigenvalue weighted by atomic mass is 10.0. The molecule has 0 aliphatic heterocycles. The minimum Gasteiger partial charge on any atom is -0.344 e. The van der Waals surface area contributed by atoms with Crippen LogP contribution in [0.4, 0.5) is 0 Å². The van der Waals surface area contributed by atoms with Crippen LogP contribution in [0.2, 0.25) is 0 Å². The highest BCUT2D eigenvalue weighted by Crippen LogP contribution is 2.01. The van der Waals surface area contributed by atoms with E-state index in [1.165, 1.54) is 0 Å². The number of hydrogen-bond donors (Lipinski definition) is 3. The standard InChI is InChI=1S/C11H22N3O2/c1-8(2)10(7-15)14-11(16)9(13)5-3-4-6-12/h8-10H,3-6,12-13H2,1-2H3,(H,14,16)/t9-,10+/m0/s1. The van der Waals surface area contributed by atoms with Gasteiger partial charge >= 0.3 is 0 Å². The number of carbonyl (C=O) groups is 1. The Kier molecular flexibility index (Phi) is 7.76. The quantitative estimate of drug-likeness (QED) is 0.496. The van der Waals surface area contributed by atoms with Crippen LogP contribution in [-0.4, -0.2) is 30.8 Å². The Morgan fingerprint density at radius 3 is 2.44 bits per heavy atom. The molecule has 0 aliphatic carbocycles. The fraction of sp³-hybridized carbons (Fsp3) is 0.818. The van der Waals surface area contributed by atoms with Gasteiger partial charge in [0.15, 0.2) is 0 Å². The van der Waals surface area contributed by atoms with Crippen molar-refractivity contribution in [3.05, 3.63) is 0 Å². The fourth-order valence-electron chi connectivity index (χ4n) is 1.23. The maximum Gasteiger partial charge on any atom is 0.237 e. The highest BCUT2D eigenvalue weighted by molar-refractivity contribution is 5.84. The van der Waals surface area contributed by atoms with E-state index in [2.05, 4.69) is 5.32 Å². The minimum atomic E-state index is -0.576. The Morgan fingerprint density at radius 1 is 1.38 bits per heavy atom. The van der Waals surface area contributed by atoms with Gasteiger partial charge < -0.3 is 16.8 Å². The third kappa shape index (κ3) is 5.82. The molecular weight excluding hydrogens is 206 g/mol. The van der Waals surface area contributed by atoms with Crippen LogP contribution in [-0.2, 0) is 9.59 Å². The molecule has 16 heavy (non-hydrogen) atoms. The van der Waals surface area contributed by atoms with Crippen LogP contribution in [0.25, 0.3) is 0 Å². The molecule has 5 heteroatoms. The molecule has 0 fully saturated rings. The Morgan fingerprint density at radius 2 is 2.00 bits per heavy atom. The normalized spacial score (nSPS) is 14.6. The molecule has 0 unspecified atom stereocenters. The molecule has 0 saturated carbocycles. The lowest BCUT2D eigenvalue weighted by Crippen LogP contribution is -2.47. The first-order chi connectivity index (χ1) is 7.52. The molecule has 0 aromatic carbocycles. The van der Waals surface area contributed by atoms with Crippen LogP contribution in [0.3, 0.4) is 0 Å². The zero-order valence-corrected chi connectivity index (χ0v) is 10.0. The topological polar surface area (TPSA) is 98.2 Å². The second-order valence-corrected chi connectivity index (χ2v) is 4.24. The summed E-state index contributed by atoms with van der Waals surface area (Å²) >= 11 is 0. The molecule has 0 aromatic rings. The molecule has 0 rings (SSSR count). The van der Waals surface area contributed by atoms with E-state index in [-0.39, 0.29) is 11.8 Å². The molecule has 0 heterocycles. The monoisotopic (exact) mass is 228 g/mol. The number of hydrogen-bond acceptors (Lipinski definition) is 4. The summed E-state index contributed by atoms with van der Waals surface area (Å²) in [5.74, 6) is -0.267. The SMILES string of the molecule is CC(C)[C@@H]([C]=O)NC(=O)[C@@H](N)CCCCN. The number of carbonyl (C=O) groups excluding carboxylic acids is 2. The van der Waals surface area contributed by atoms with E-state index in [4.69, 9.17) is 11.5 Å². The first-order valence-electron chi connectivity index (χ1n) is 5.66. The summed E-state index contributed by atoms with van der Waals surface area (Å²) in [5, 5.41) is 2.57. The van der Waals surface area contributed by atoms with Gasteiger partial charge in [0.25, 0.3) is 0 Å². The first-order valence-corrected chi connectivity index (χ1v) is 5.66. The molecule has 0 aliphatic rings. The Balaban J connectivity index is 3.98. The minimum absolute atomic E-state index is 0.0256. The van der Waals surface area contributed by atoms with Crippen molar-refractivity contribution in [2.75, 3.05) is 6.54 Å². The van der Waals surface area contributed by atoms with Gasteiger partial charge in [-0.05, 0) is 25.3 Å². The zero-order chi connectivity index (χ0) is 12.6. The van der Waals surface area contributed by atoms with E-state index < -0.39 is 12.1 Å². The predicted octanol–water partition coefficient (Wildman–Crippen LogP) is -0.307. The lowest BCUT2D eigenvalue weighted by Gasteiger charge is -2.18. The number of amides is 1. The summed E-state index contributed by atoms with van der Waals surface area (Å²) in [6.07, 6.45) is 4.06. The Bertz CT molecular complexity index is 219. The second kappa shape index (κ2) is 8.24. The average molecular weight is 228 g/mol. The summed E-state index contributed by atoms with van der Waals surface area (Å²) in [5.41, 5.74) is 11.0. The molecule has 0 spiro atoms. The van der Waals surface area contributed by atoms with Crippen molar-refractivity contribution in [2.45, 2.75) is 45.2 Å². The van der Waals surface area contributed by atoms with E-state index in [1.807, 2.05) is 13.8 Å². The van der Waals surface area contributed by atoms with E-state index in [0.29, 0.717) is 13.0 Å². The maximum atomic E-state index is 11.6. The number of nitrogens with one attached hydrogen (secondary N) is 1. The highest BCUT2D eigenvalue weighted by atomic mass is 16.2. The summed E-state index contributed by atoms with van der Waals surface area (Å²) in [4.78, 5) is 22.1. The van der Waals surface area contributed by atoms with Gasteiger partial charge in [-0.1, -0.05) is 20.3 Å². The van der Waals surface area contributed by atoms with E-state index >= 15 is 0 Å². The van der Waals surface area contributed by atoms with E-state index in [9.17, 15) is 9.59 Å². The van der Waals surface area contributed by atoms with Crippen molar-refractivity contribution in [3.8, 4) is 0 Å². The van der Waals surface area contributed by atoms with Gasteiger partial charge in [-0.2, -0.15) is 0 Å². The molecule has 2 atom stereocenters. The molecule has 1 radical (unpaired) electrons. The predicted molar refractivity (Wildman–Crippen MR) is 63.3 cm³/mol. The summed E-state index contributed by atoms with van der Waals surface area (Å²) in [6.45, 7) is 4.29. The molecule has 0 aromatic heterocycles. The number of unbranched alkanes of at least 4 members (excludes halogenated alkanes) is 1. The molecule has 93 valence electrons. The molecule has 5 N–H and O–H groups in total. The molecular formula is C11H22N3O2. The summed E-state index contributed by atoms with van der Waals surface area (Å²) in [7, 11) is 0. The van der Waals surface area contributed by atoms with Gasteiger partial charge in [-0.3, -0.25) is 9.59 Å².